The molecule has 0 aliphatic rings. The van der Waals surface area contributed by atoms with Crippen molar-refractivity contribution in [3.8, 4) is 5.75 Å². The Labute approximate surface area is 176 Å². The number of hydrogen-bond acceptors (Lipinski definition) is 5. The smallest absolute Gasteiger partial charge is 0.276 e. The molecule has 0 saturated heterocycles. The van der Waals surface area contributed by atoms with Crippen LogP contribution in [0.15, 0.2) is 50.7 Å². The number of ether oxygens (including phenoxy) is 1. The first-order valence-electron chi connectivity index (χ1n) is 7.13. The predicted octanol–water partition coefficient (Wildman–Crippen LogP) is 3.39. The molecule has 0 unspecified atom stereocenters. The van der Waals surface area contributed by atoms with Gasteiger partial charge in [0.15, 0.2) is 11.7 Å². The summed E-state index contributed by atoms with van der Waals surface area (Å²) in [5, 5.41) is 4.30. The topological polar surface area (TPSA) is 79.5 Å². The molecule has 1 aromatic carbocycles. The molecule has 136 valence electrons. The second-order valence-electron chi connectivity index (χ2n) is 4.70. The molecule has 1 heterocycles. The fourth-order valence-corrected chi connectivity index (χ4v) is 3.56. The molecule has 2 amide bonds. The maximum Gasteiger partial charge on any atom is 0.276 e. The van der Waals surface area contributed by atoms with Crippen LogP contribution < -0.4 is 20.9 Å². The zero-order valence-corrected chi connectivity index (χ0v) is 17.9. The molecule has 1 aromatic heterocycles. The van der Waals surface area contributed by atoms with Crippen molar-refractivity contribution in [3.05, 3.63) is 55.6 Å². The van der Waals surface area contributed by atoms with Gasteiger partial charge in [-0.15, -0.1) is 11.3 Å². The minimum atomic E-state index is -0.453. The SMILES string of the molecule is O=C(/C=C/c1cccs1)NC(=S)NNC(=O)COc1ccc(Br)cc1Br. The lowest BCUT2D eigenvalue weighted by molar-refractivity contribution is -0.123. The maximum atomic E-state index is 11.8. The highest BCUT2D eigenvalue weighted by Crippen LogP contribution is 2.27. The molecule has 0 aliphatic carbocycles. The maximum absolute atomic E-state index is 11.8. The van der Waals surface area contributed by atoms with E-state index in [1.807, 2.05) is 17.5 Å². The lowest BCUT2D eigenvalue weighted by atomic mass is 10.3. The van der Waals surface area contributed by atoms with Gasteiger partial charge in [0, 0.05) is 15.4 Å². The number of benzene rings is 1. The Morgan fingerprint density at radius 1 is 1.23 bits per heavy atom. The van der Waals surface area contributed by atoms with E-state index in [2.05, 4.69) is 48.0 Å². The van der Waals surface area contributed by atoms with Gasteiger partial charge in [0.05, 0.1) is 4.47 Å². The van der Waals surface area contributed by atoms with Crippen molar-refractivity contribution in [2.24, 2.45) is 0 Å². The molecule has 2 aromatic rings. The van der Waals surface area contributed by atoms with Crippen molar-refractivity contribution in [3.63, 3.8) is 0 Å². The summed E-state index contributed by atoms with van der Waals surface area (Å²) in [5.41, 5.74) is 4.78. The Bertz CT molecular complexity index is 826. The van der Waals surface area contributed by atoms with E-state index in [0.29, 0.717) is 10.2 Å². The first-order chi connectivity index (χ1) is 12.4. The highest BCUT2D eigenvalue weighted by Gasteiger charge is 2.07. The zero-order valence-electron chi connectivity index (χ0n) is 13.1. The van der Waals surface area contributed by atoms with Crippen molar-refractivity contribution in [1.82, 2.24) is 16.2 Å². The molecule has 10 heteroatoms. The summed E-state index contributed by atoms with van der Waals surface area (Å²) in [5.74, 6) is -0.330. The van der Waals surface area contributed by atoms with Crippen LogP contribution in [0.3, 0.4) is 0 Å². The van der Waals surface area contributed by atoms with E-state index < -0.39 is 11.8 Å². The number of thiophene rings is 1. The molecule has 26 heavy (non-hydrogen) atoms. The van der Waals surface area contributed by atoms with Crippen LogP contribution in [-0.2, 0) is 9.59 Å². The van der Waals surface area contributed by atoms with Gasteiger partial charge >= 0.3 is 0 Å². The van der Waals surface area contributed by atoms with Crippen molar-refractivity contribution in [1.29, 1.82) is 0 Å². The number of halogens is 2. The molecule has 0 aliphatic heterocycles. The molecule has 0 fully saturated rings. The van der Waals surface area contributed by atoms with E-state index in [9.17, 15) is 9.59 Å². The summed E-state index contributed by atoms with van der Waals surface area (Å²) >= 11 is 13.1. The summed E-state index contributed by atoms with van der Waals surface area (Å²) in [6.45, 7) is -0.220. The number of hydrazine groups is 1. The average molecular weight is 519 g/mol. The third-order valence-electron chi connectivity index (χ3n) is 2.75. The first-order valence-corrected chi connectivity index (χ1v) is 10.0. The minimum absolute atomic E-state index is 0.0241. The number of thiocarbonyl (C=S) groups is 1. The fraction of sp³-hybridized carbons (Fsp3) is 0.0625. The first kappa shape index (κ1) is 20.6. The second-order valence-corrected chi connectivity index (χ2v) is 7.86. The molecule has 0 bridgehead atoms. The largest absolute Gasteiger partial charge is 0.483 e. The number of nitrogens with one attached hydrogen (secondary N) is 3. The molecular weight excluding hydrogens is 506 g/mol. The van der Waals surface area contributed by atoms with Gasteiger partial charge in [-0.1, -0.05) is 22.0 Å². The highest BCUT2D eigenvalue weighted by atomic mass is 79.9. The Hall–Kier alpha value is -1.75. The molecule has 0 atom stereocenters. The molecule has 3 N–H and O–H groups in total. The molecule has 2 rings (SSSR count). The lowest BCUT2D eigenvalue weighted by Crippen LogP contribution is -2.49. The zero-order chi connectivity index (χ0) is 18.9. The standard InChI is InChI=1S/C16H13Br2N3O3S2/c17-10-3-5-13(12(18)8-10)24-9-15(23)20-21-16(25)19-14(22)6-4-11-2-1-7-26-11/h1-8H,9H2,(H,20,23)(H2,19,21,22,25)/b6-4+. The van der Waals surface area contributed by atoms with Crippen LogP contribution in [0, 0.1) is 0 Å². The van der Waals surface area contributed by atoms with E-state index in [0.717, 1.165) is 9.35 Å². The van der Waals surface area contributed by atoms with Crippen LogP contribution >= 0.6 is 55.4 Å². The van der Waals surface area contributed by atoms with E-state index in [1.54, 1.807) is 24.3 Å². The van der Waals surface area contributed by atoms with E-state index >= 15 is 0 Å². The van der Waals surface area contributed by atoms with Gasteiger partial charge < -0.3 is 4.74 Å². The predicted molar refractivity (Wildman–Crippen MR) is 113 cm³/mol. The lowest BCUT2D eigenvalue weighted by Gasteiger charge is -2.11. The van der Waals surface area contributed by atoms with Crippen LogP contribution in [0.4, 0.5) is 0 Å². The normalized spacial score (nSPS) is 10.4. The van der Waals surface area contributed by atoms with E-state index in [-0.39, 0.29) is 11.7 Å². The molecule has 0 saturated carbocycles. The van der Waals surface area contributed by atoms with Gasteiger partial charge in [0.25, 0.3) is 5.91 Å². The fourth-order valence-electron chi connectivity index (χ4n) is 1.63. The van der Waals surface area contributed by atoms with Gasteiger partial charge in [-0.2, -0.15) is 0 Å². The summed E-state index contributed by atoms with van der Waals surface area (Å²) in [7, 11) is 0. The van der Waals surface area contributed by atoms with Gasteiger partial charge in [-0.3, -0.25) is 25.8 Å². The Morgan fingerprint density at radius 2 is 2.04 bits per heavy atom. The monoisotopic (exact) mass is 517 g/mol. The number of carbonyl (C=O) groups excluding carboxylic acids is 2. The van der Waals surface area contributed by atoms with Crippen LogP contribution in [0.5, 0.6) is 5.75 Å². The summed E-state index contributed by atoms with van der Waals surface area (Å²) in [4.78, 5) is 24.4. The summed E-state index contributed by atoms with van der Waals surface area (Å²) < 4.78 is 6.99. The number of carbonyl (C=O) groups is 2. The van der Waals surface area contributed by atoms with Crippen LogP contribution in [-0.4, -0.2) is 23.5 Å². The van der Waals surface area contributed by atoms with Crippen molar-refractivity contribution < 1.29 is 14.3 Å². The van der Waals surface area contributed by atoms with Crippen LogP contribution in [0.2, 0.25) is 0 Å². The van der Waals surface area contributed by atoms with Crippen molar-refractivity contribution in [2.75, 3.05) is 6.61 Å². The highest BCUT2D eigenvalue weighted by molar-refractivity contribution is 9.11. The molecule has 6 nitrogen and oxygen atoms in total. The average Bonchev–Trinajstić information content (AvgIpc) is 3.11. The van der Waals surface area contributed by atoms with Gasteiger partial charge in [0.1, 0.15) is 5.75 Å². The van der Waals surface area contributed by atoms with E-state index in [1.165, 1.54) is 17.4 Å². The Morgan fingerprint density at radius 3 is 2.73 bits per heavy atom. The number of hydrogen-bond donors (Lipinski definition) is 3. The number of rotatable bonds is 5. The van der Waals surface area contributed by atoms with Crippen molar-refractivity contribution >= 4 is 78.4 Å². The van der Waals surface area contributed by atoms with Crippen LogP contribution in [0.25, 0.3) is 6.08 Å². The third kappa shape index (κ3) is 7.24. The quantitative estimate of drug-likeness (QED) is 0.321. The third-order valence-corrected chi connectivity index (χ3v) is 4.90. The summed E-state index contributed by atoms with van der Waals surface area (Å²) in [6, 6.07) is 9.10. The van der Waals surface area contributed by atoms with Gasteiger partial charge in [-0.25, -0.2) is 0 Å². The van der Waals surface area contributed by atoms with Gasteiger partial charge in [-0.05, 0) is 63.9 Å². The Balaban J connectivity index is 1.69. The van der Waals surface area contributed by atoms with Crippen LogP contribution in [0.1, 0.15) is 4.88 Å². The molecular formula is C16H13Br2N3O3S2. The van der Waals surface area contributed by atoms with E-state index in [4.69, 9.17) is 17.0 Å². The minimum Gasteiger partial charge on any atom is -0.483 e. The second kappa shape index (κ2) is 10.4. The molecule has 0 spiro atoms. The molecule has 0 radical (unpaired) electrons. The summed E-state index contributed by atoms with van der Waals surface area (Å²) in [6.07, 6.45) is 3.03. The van der Waals surface area contributed by atoms with Crippen molar-refractivity contribution in [2.45, 2.75) is 0 Å². The number of amides is 2. The Kier molecular flexibility index (Phi) is 8.23. The van der Waals surface area contributed by atoms with Gasteiger partial charge in [0.2, 0.25) is 5.91 Å².